The molecule has 0 bridgehead atoms. The molecule has 0 heterocycles. The third-order valence-corrected chi connectivity index (χ3v) is 2.90. The van der Waals surface area contributed by atoms with Crippen LogP contribution in [0.1, 0.15) is 0 Å². The minimum Gasteiger partial charge on any atom is -0.386 e. The summed E-state index contributed by atoms with van der Waals surface area (Å²) in [5.41, 5.74) is 0.714. The molecule has 0 amide bonds. The second kappa shape index (κ2) is 6.47. The van der Waals surface area contributed by atoms with Crippen LogP contribution in [0.5, 0.6) is 0 Å². The average Bonchev–Trinajstić information content (AvgIpc) is 2.30. The Kier molecular flexibility index (Phi) is 5.25. The maximum absolute atomic E-state index is 13.7. The van der Waals surface area contributed by atoms with Crippen molar-refractivity contribution in [1.29, 1.82) is 5.26 Å². The summed E-state index contributed by atoms with van der Waals surface area (Å²) in [6.07, 6.45) is 3.50. The standard InChI is InChI=1S/C10H10BrFN4S/c1-14-8-4-6(11)3-7(12)9(8)16-10(17-2)15-5-13/h3-4,14H,1-2H3,(H,15,16). The molecule has 4 nitrogen and oxygen atoms in total. The lowest BCUT2D eigenvalue weighted by atomic mass is 10.2. The van der Waals surface area contributed by atoms with E-state index < -0.39 is 5.82 Å². The van der Waals surface area contributed by atoms with Crippen LogP contribution in [0.2, 0.25) is 0 Å². The molecule has 0 radical (unpaired) electrons. The zero-order chi connectivity index (χ0) is 12.8. The molecule has 0 saturated heterocycles. The SMILES string of the molecule is CNc1cc(Br)cc(F)c1N=C(NC#N)SC. The number of aliphatic imine (C=N–C) groups is 1. The summed E-state index contributed by atoms with van der Waals surface area (Å²) in [6, 6.07) is 3.04. The van der Waals surface area contributed by atoms with Crippen LogP contribution in [0.4, 0.5) is 15.8 Å². The smallest absolute Gasteiger partial charge is 0.183 e. The van der Waals surface area contributed by atoms with Gasteiger partial charge in [-0.15, -0.1) is 0 Å². The lowest BCUT2D eigenvalue weighted by Crippen LogP contribution is -2.12. The summed E-state index contributed by atoms with van der Waals surface area (Å²) < 4.78 is 14.4. The van der Waals surface area contributed by atoms with E-state index in [4.69, 9.17) is 5.26 Å². The number of amidine groups is 1. The van der Waals surface area contributed by atoms with E-state index in [0.717, 1.165) is 0 Å². The Morgan fingerprint density at radius 2 is 2.29 bits per heavy atom. The predicted molar refractivity (Wildman–Crippen MR) is 73.0 cm³/mol. The number of anilines is 1. The van der Waals surface area contributed by atoms with Gasteiger partial charge in [0.2, 0.25) is 0 Å². The lowest BCUT2D eigenvalue weighted by molar-refractivity contribution is 0.629. The Balaban J connectivity index is 3.25. The first kappa shape index (κ1) is 13.8. The third-order valence-electron chi connectivity index (χ3n) is 1.87. The van der Waals surface area contributed by atoms with Gasteiger partial charge in [-0.25, -0.2) is 9.38 Å². The van der Waals surface area contributed by atoms with Gasteiger partial charge in [-0.3, -0.25) is 5.32 Å². The molecule has 1 rings (SSSR count). The molecule has 0 aliphatic rings. The number of hydrogen-bond acceptors (Lipinski definition) is 4. The van der Waals surface area contributed by atoms with Gasteiger partial charge >= 0.3 is 0 Å². The molecule has 0 aliphatic carbocycles. The first-order chi connectivity index (χ1) is 8.12. The van der Waals surface area contributed by atoms with Crippen molar-refractivity contribution in [3.05, 3.63) is 22.4 Å². The summed E-state index contributed by atoms with van der Waals surface area (Å²) in [6.45, 7) is 0. The van der Waals surface area contributed by atoms with Gasteiger partial charge in [0.1, 0.15) is 5.69 Å². The van der Waals surface area contributed by atoms with Crippen molar-refractivity contribution in [3.63, 3.8) is 0 Å². The van der Waals surface area contributed by atoms with E-state index in [9.17, 15) is 4.39 Å². The monoisotopic (exact) mass is 316 g/mol. The molecule has 1 aromatic rings. The van der Waals surface area contributed by atoms with Crippen molar-refractivity contribution in [2.24, 2.45) is 4.99 Å². The van der Waals surface area contributed by atoms with Crippen molar-refractivity contribution in [2.45, 2.75) is 0 Å². The maximum atomic E-state index is 13.7. The van der Waals surface area contributed by atoms with Crippen molar-refractivity contribution in [3.8, 4) is 6.19 Å². The molecule has 0 aromatic heterocycles. The summed E-state index contributed by atoms with van der Waals surface area (Å²) in [4.78, 5) is 4.07. The van der Waals surface area contributed by atoms with Crippen LogP contribution in [0.3, 0.4) is 0 Å². The van der Waals surface area contributed by atoms with Crippen LogP contribution >= 0.6 is 27.7 Å². The fraction of sp³-hybridized carbons (Fsp3) is 0.200. The van der Waals surface area contributed by atoms with Crippen molar-refractivity contribution in [1.82, 2.24) is 5.32 Å². The first-order valence-corrected chi connectivity index (χ1v) is 6.58. The van der Waals surface area contributed by atoms with Gasteiger partial charge in [0.25, 0.3) is 0 Å². The number of rotatable bonds is 2. The number of nitrogens with one attached hydrogen (secondary N) is 2. The van der Waals surface area contributed by atoms with Gasteiger partial charge in [0.05, 0.1) is 5.69 Å². The molecule has 0 spiro atoms. The number of benzene rings is 1. The molecule has 0 atom stereocenters. The van der Waals surface area contributed by atoms with Crippen molar-refractivity contribution >= 4 is 44.2 Å². The zero-order valence-corrected chi connectivity index (χ0v) is 11.6. The minimum atomic E-state index is -0.463. The minimum absolute atomic E-state index is 0.169. The molecule has 1 aromatic carbocycles. The summed E-state index contributed by atoms with van der Waals surface area (Å²) in [5, 5.41) is 14.1. The number of nitrogens with zero attached hydrogens (tertiary/aromatic N) is 2. The Bertz CT molecular complexity index is 484. The highest BCUT2D eigenvalue weighted by atomic mass is 79.9. The summed E-state index contributed by atoms with van der Waals surface area (Å²) >= 11 is 4.43. The molecular formula is C10H10BrFN4S. The van der Waals surface area contributed by atoms with Gasteiger partial charge < -0.3 is 5.32 Å². The first-order valence-electron chi connectivity index (χ1n) is 4.57. The van der Waals surface area contributed by atoms with Gasteiger partial charge in [0, 0.05) is 11.5 Å². The highest BCUT2D eigenvalue weighted by Gasteiger charge is 2.10. The highest BCUT2D eigenvalue weighted by molar-refractivity contribution is 9.10. The molecule has 0 saturated carbocycles. The molecular weight excluding hydrogens is 307 g/mol. The number of hydrogen-bond donors (Lipinski definition) is 2. The van der Waals surface area contributed by atoms with Crippen LogP contribution in [0, 0.1) is 17.3 Å². The van der Waals surface area contributed by atoms with Crippen LogP contribution in [-0.2, 0) is 0 Å². The molecule has 17 heavy (non-hydrogen) atoms. The molecule has 2 N–H and O–H groups in total. The van der Waals surface area contributed by atoms with Crippen LogP contribution in [0.25, 0.3) is 0 Å². The van der Waals surface area contributed by atoms with E-state index in [1.165, 1.54) is 17.8 Å². The second-order valence-corrected chi connectivity index (χ2v) is 4.60. The quantitative estimate of drug-likeness (QED) is 0.381. The largest absolute Gasteiger partial charge is 0.386 e. The topological polar surface area (TPSA) is 60.2 Å². The Hall–Kier alpha value is -1.26. The third kappa shape index (κ3) is 3.61. The number of halogens is 2. The van der Waals surface area contributed by atoms with Gasteiger partial charge in [0.15, 0.2) is 17.2 Å². The summed E-state index contributed by atoms with van der Waals surface area (Å²) in [5.74, 6) is -0.463. The molecule has 90 valence electrons. The fourth-order valence-corrected chi connectivity index (χ4v) is 1.90. The normalized spacial score (nSPS) is 10.9. The molecule has 0 fully saturated rings. The van der Waals surface area contributed by atoms with E-state index in [1.54, 1.807) is 25.6 Å². The van der Waals surface area contributed by atoms with E-state index in [2.05, 4.69) is 31.6 Å². The molecule has 0 aliphatic heterocycles. The van der Waals surface area contributed by atoms with E-state index in [1.807, 2.05) is 0 Å². The van der Waals surface area contributed by atoms with Crippen LogP contribution in [0.15, 0.2) is 21.6 Å². The van der Waals surface area contributed by atoms with E-state index in [-0.39, 0.29) is 5.69 Å². The van der Waals surface area contributed by atoms with Gasteiger partial charge in [-0.1, -0.05) is 27.7 Å². The van der Waals surface area contributed by atoms with Gasteiger partial charge in [-0.2, -0.15) is 5.26 Å². The molecule has 7 heteroatoms. The molecule has 0 unspecified atom stereocenters. The van der Waals surface area contributed by atoms with Crippen LogP contribution < -0.4 is 10.6 Å². The van der Waals surface area contributed by atoms with Crippen LogP contribution in [-0.4, -0.2) is 18.5 Å². The Morgan fingerprint density at radius 3 is 2.82 bits per heavy atom. The Labute approximate surface area is 111 Å². The Morgan fingerprint density at radius 1 is 1.59 bits per heavy atom. The van der Waals surface area contributed by atoms with E-state index >= 15 is 0 Å². The zero-order valence-electron chi connectivity index (χ0n) is 9.21. The van der Waals surface area contributed by atoms with Crippen molar-refractivity contribution < 1.29 is 4.39 Å². The fourth-order valence-electron chi connectivity index (χ4n) is 1.14. The van der Waals surface area contributed by atoms with Gasteiger partial charge in [-0.05, 0) is 18.4 Å². The maximum Gasteiger partial charge on any atom is 0.183 e. The number of nitriles is 1. The predicted octanol–water partition coefficient (Wildman–Crippen LogP) is 3.05. The van der Waals surface area contributed by atoms with E-state index in [0.29, 0.717) is 15.3 Å². The average molecular weight is 317 g/mol. The van der Waals surface area contributed by atoms with Crippen molar-refractivity contribution in [2.75, 3.05) is 18.6 Å². The highest BCUT2D eigenvalue weighted by Crippen LogP contribution is 2.32. The second-order valence-electron chi connectivity index (χ2n) is 2.89. The summed E-state index contributed by atoms with van der Waals surface area (Å²) in [7, 11) is 1.68. The lowest BCUT2D eigenvalue weighted by Gasteiger charge is -2.08. The number of thioether (sulfide) groups is 1.